The number of hydrogen-bond acceptors (Lipinski definition) is 2. The van der Waals surface area contributed by atoms with Crippen LogP contribution in [0.4, 0.5) is 28.4 Å². The summed E-state index contributed by atoms with van der Waals surface area (Å²) >= 11 is 0. The third-order valence-electron chi connectivity index (χ3n) is 10.4. The first-order valence-corrected chi connectivity index (χ1v) is 18.0. The van der Waals surface area contributed by atoms with Crippen molar-refractivity contribution in [3.8, 4) is 0 Å². The summed E-state index contributed by atoms with van der Waals surface area (Å²) in [5, 5.41) is 5.07. The fourth-order valence-electron chi connectivity index (χ4n) is 7.80. The third kappa shape index (κ3) is 6.58. The fraction of sp³-hybridized carbons (Fsp3) is 0.319. The van der Waals surface area contributed by atoms with E-state index in [1.165, 1.54) is 88.9 Å². The highest BCUT2D eigenvalue weighted by Crippen LogP contribution is 2.43. The average molecular weight is 647 g/mol. The van der Waals surface area contributed by atoms with Crippen molar-refractivity contribution in [2.45, 2.75) is 94.5 Å². The Kier molecular flexibility index (Phi) is 9.14. The predicted molar refractivity (Wildman–Crippen MR) is 216 cm³/mol. The van der Waals surface area contributed by atoms with E-state index in [1.54, 1.807) is 0 Å². The molecule has 0 fully saturated rings. The van der Waals surface area contributed by atoms with Crippen molar-refractivity contribution in [2.24, 2.45) is 5.92 Å². The molecule has 0 radical (unpaired) electrons. The standard InChI is InChI=1S/C47H54N2/c1-29(2)36(9)48(45-32(5)23-30(3)24-33(45)6)41-19-21-43-37(27-41)13-14-38-28-42(20-22-44(38)43)49(46-34(7)25-31(4)26-35(46)8)40-17-15-39(16-18-40)47(10,11)12/h13-29,36H,1-12H3/t36-/m1/s1. The van der Waals surface area contributed by atoms with Crippen LogP contribution < -0.4 is 9.80 Å². The van der Waals surface area contributed by atoms with E-state index in [0.29, 0.717) is 12.0 Å². The molecule has 0 aliphatic carbocycles. The summed E-state index contributed by atoms with van der Waals surface area (Å²) < 4.78 is 0. The molecule has 0 saturated heterocycles. The molecule has 0 unspecified atom stereocenters. The third-order valence-corrected chi connectivity index (χ3v) is 10.4. The lowest BCUT2D eigenvalue weighted by molar-refractivity contribution is 0.517. The molecule has 0 amide bonds. The smallest absolute Gasteiger partial charge is 0.0520 e. The van der Waals surface area contributed by atoms with Gasteiger partial charge in [0.1, 0.15) is 0 Å². The molecule has 252 valence electrons. The van der Waals surface area contributed by atoms with E-state index in [0.717, 1.165) is 0 Å². The first kappa shape index (κ1) is 34.3. The molecular formula is C47H54N2. The first-order chi connectivity index (χ1) is 23.1. The maximum Gasteiger partial charge on any atom is 0.0520 e. The zero-order chi connectivity index (χ0) is 35.4. The van der Waals surface area contributed by atoms with Gasteiger partial charge in [0.2, 0.25) is 0 Å². The number of hydrogen-bond donors (Lipinski definition) is 0. The van der Waals surface area contributed by atoms with Gasteiger partial charge in [-0.15, -0.1) is 0 Å². The van der Waals surface area contributed by atoms with E-state index in [-0.39, 0.29) is 5.41 Å². The SMILES string of the molecule is Cc1cc(C)c(N(c2ccc(C(C)(C)C)cc2)c2ccc3c(ccc4cc(N(c5c(C)cc(C)cc5C)[C@H](C)C(C)C)ccc43)c2)c(C)c1. The summed E-state index contributed by atoms with van der Waals surface area (Å²) in [5.74, 6) is 0.499. The lowest BCUT2D eigenvalue weighted by Gasteiger charge is -2.36. The monoisotopic (exact) mass is 646 g/mol. The summed E-state index contributed by atoms with van der Waals surface area (Å²) in [5.41, 5.74) is 15.4. The molecule has 0 spiro atoms. The van der Waals surface area contributed by atoms with Crippen molar-refractivity contribution in [3.05, 3.63) is 136 Å². The van der Waals surface area contributed by atoms with Crippen LogP contribution in [0.25, 0.3) is 21.5 Å². The largest absolute Gasteiger partial charge is 0.338 e. The van der Waals surface area contributed by atoms with Gasteiger partial charge in [-0.2, -0.15) is 0 Å². The number of anilines is 5. The normalized spacial score (nSPS) is 12.6. The second-order valence-electron chi connectivity index (χ2n) is 15.9. The molecule has 0 aliphatic rings. The second kappa shape index (κ2) is 13.0. The van der Waals surface area contributed by atoms with Crippen molar-refractivity contribution in [2.75, 3.05) is 9.80 Å². The van der Waals surface area contributed by atoms with Gasteiger partial charge >= 0.3 is 0 Å². The van der Waals surface area contributed by atoms with Crippen molar-refractivity contribution in [3.63, 3.8) is 0 Å². The van der Waals surface area contributed by atoms with Gasteiger partial charge in [-0.3, -0.25) is 0 Å². The Bertz CT molecular complexity index is 2110. The van der Waals surface area contributed by atoms with Gasteiger partial charge in [-0.05, 0) is 146 Å². The van der Waals surface area contributed by atoms with Crippen LogP contribution in [0.15, 0.2) is 97.1 Å². The summed E-state index contributed by atoms with van der Waals surface area (Å²) in [6.07, 6.45) is 0. The Labute approximate surface area is 295 Å². The van der Waals surface area contributed by atoms with Crippen LogP contribution in [0.5, 0.6) is 0 Å². The van der Waals surface area contributed by atoms with Crippen molar-refractivity contribution in [1.82, 2.24) is 0 Å². The molecule has 0 aliphatic heterocycles. The average Bonchev–Trinajstić information content (AvgIpc) is 3.03. The van der Waals surface area contributed by atoms with E-state index in [9.17, 15) is 0 Å². The lowest BCUT2D eigenvalue weighted by Crippen LogP contribution is -2.33. The van der Waals surface area contributed by atoms with Crippen molar-refractivity contribution in [1.29, 1.82) is 0 Å². The van der Waals surface area contributed by atoms with Crippen LogP contribution in [0.2, 0.25) is 0 Å². The predicted octanol–water partition coefficient (Wildman–Crippen LogP) is 13.8. The van der Waals surface area contributed by atoms with Gasteiger partial charge < -0.3 is 9.80 Å². The summed E-state index contributed by atoms with van der Waals surface area (Å²) in [4.78, 5) is 5.01. The number of rotatable bonds is 7. The molecule has 2 heteroatoms. The quantitative estimate of drug-likeness (QED) is 0.159. The molecule has 0 heterocycles. The molecule has 2 nitrogen and oxygen atoms in total. The number of fused-ring (bicyclic) bond motifs is 3. The molecule has 6 rings (SSSR count). The molecule has 0 saturated carbocycles. The highest BCUT2D eigenvalue weighted by molar-refractivity contribution is 6.09. The van der Waals surface area contributed by atoms with Gasteiger partial charge in [0, 0.05) is 28.8 Å². The second-order valence-corrected chi connectivity index (χ2v) is 15.9. The molecular weight excluding hydrogens is 593 g/mol. The Morgan fingerprint density at radius 3 is 1.37 bits per heavy atom. The zero-order valence-corrected chi connectivity index (χ0v) is 31.8. The van der Waals surface area contributed by atoms with E-state index >= 15 is 0 Å². The molecule has 6 aromatic carbocycles. The Hall–Kier alpha value is -4.56. The Balaban J connectivity index is 1.48. The number of aryl methyl sites for hydroxylation is 6. The summed E-state index contributed by atoms with van der Waals surface area (Å²) in [7, 11) is 0. The number of benzene rings is 6. The summed E-state index contributed by atoms with van der Waals surface area (Å²) in [6, 6.07) is 37.4. The minimum atomic E-state index is 0.102. The van der Waals surface area contributed by atoms with Gasteiger partial charge in [0.15, 0.2) is 0 Å². The molecule has 6 aromatic rings. The van der Waals surface area contributed by atoms with E-state index in [1.807, 2.05) is 0 Å². The summed E-state index contributed by atoms with van der Waals surface area (Å²) in [6.45, 7) is 27.2. The van der Waals surface area contributed by atoms with Crippen LogP contribution in [0.1, 0.15) is 80.5 Å². The molecule has 0 N–H and O–H groups in total. The minimum absolute atomic E-state index is 0.102. The van der Waals surface area contributed by atoms with Gasteiger partial charge in [0.05, 0.1) is 5.69 Å². The maximum atomic E-state index is 2.57. The Morgan fingerprint density at radius 2 is 0.898 bits per heavy atom. The van der Waals surface area contributed by atoms with Crippen molar-refractivity contribution < 1.29 is 0 Å². The molecule has 1 atom stereocenters. The maximum absolute atomic E-state index is 2.57. The van der Waals surface area contributed by atoms with Gasteiger partial charge in [0.25, 0.3) is 0 Å². The fourth-order valence-corrected chi connectivity index (χ4v) is 7.80. The van der Waals surface area contributed by atoms with Crippen LogP contribution >= 0.6 is 0 Å². The zero-order valence-electron chi connectivity index (χ0n) is 31.8. The van der Waals surface area contributed by atoms with Gasteiger partial charge in [-0.25, -0.2) is 0 Å². The van der Waals surface area contributed by atoms with Crippen LogP contribution in [0.3, 0.4) is 0 Å². The van der Waals surface area contributed by atoms with E-state index < -0.39 is 0 Å². The Morgan fingerprint density at radius 1 is 0.469 bits per heavy atom. The van der Waals surface area contributed by atoms with Gasteiger partial charge in [-0.1, -0.05) is 106 Å². The molecule has 0 aromatic heterocycles. The highest BCUT2D eigenvalue weighted by atomic mass is 15.2. The molecule has 0 bridgehead atoms. The van der Waals surface area contributed by atoms with Crippen molar-refractivity contribution >= 4 is 50.0 Å². The van der Waals surface area contributed by atoms with Crippen LogP contribution in [-0.4, -0.2) is 6.04 Å². The van der Waals surface area contributed by atoms with Crippen LogP contribution in [0, 0.1) is 47.5 Å². The topological polar surface area (TPSA) is 6.48 Å². The van der Waals surface area contributed by atoms with Crippen LogP contribution in [-0.2, 0) is 5.41 Å². The van der Waals surface area contributed by atoms with E-state index in [2.05, 4.69) is 190 Å². The van der Waals surface area contributed by atoms with E-state index in [4.69, 9.17) is 0 Å². The number of nitrogens with zero attached hydrogens (tertiary/aromatic N) is 2. The lowest BCUT2D eigenvalue weighted by atomic mass is 9.87. The highest BCUT2D eigenvalue weighted by Gasteiger charge is 2.24. The molecule has 49 heavy (non-hydrogen) atoms. The first-order valence-electron chi connectivity index (χ1n) is 18.0. The minimum Gasteiger partial charge on any atom is -0.338 e.